The average Bonchev–Trinajstić information content (AvgIpc) is 3.33. The minimum Gasteiger partial charge on any atom is -0.466 e. The Morgan fingerprint density at radius 3 is 2.00 bits per heavy atom. The average molecular weight is 311 g/mol. The molecule has 130 valence electrons. The number of esters is 1. The summed E-state index contributed by atoms with van der Waals surface area (Å²) in [5, 5.41) is 0. The third kappa shape index (κ3) is 13.2. The van der Waals surface area contributed by atoms with Crippen LogP contribution in [0.25, 0.3) is 0 Å². The van der Waals surface area contributed by atoms with Crippen molar-refractivity contribution in [2.45, 2.75) is 110 Å². The van der Waals surface area contributed by atoms with Crippen LogP contribution >= 0.6 is 0 Å². The molecule has 0 amide bonds. The van der Waals surface area contributed by atoms with Gasteiger partial charge < -0.3 is 4.74 Å². The molecule has 0 aromatic carbocycles. The van der Waals surface area contributed by atoms with E-state index in [0.29, 0.717) is 13.0 Å². The first-order valence-corrected chi connectivity index (χ1v) is 9.98. The Kier molecular flexibility index (Phi) is 12.5. The van der Waals surface area contributed by atoms with E-state index in [1.807, 2.05) is 0 Å². The highest BCUT2D eigenvalue weighted by molar-refractivity contribution is 5.69. The quantitative estimate of drug-likeness (QED) is 0.243. The molecule has 1 aliphatic carbocycles. The Balaban J connectivity index is 1.70. The van der Waals surface area contributed by atoms with Crippen molar-refractivity contribution in [2.24, 2.45) is 5.92 Å². The highest BCUT2D eigenvalue weighted by atomic mass is 16.5. The summed E-state index contributed by atoms with van der Waals surface area (Å²) < 4.78 is 5.30. The fourth-order valence-electron chi connectivity index (χ4n) is 2.96. The molecule has 0 saturated heterocycles. The van der Waals surface area contributed by atoms with Gasteiger partial charge in [-0.05, 0) is 18.8 Å². The van der Waals surface area contributed by atoms with Crippen LogP contribution in [-0.2, 0) is 9.53 Å². The van der Waals surface area contributed by atoms with E-state index in [1.54, 1.807) is 0 Å². The molecule has 1 rings (SSSR count). The fraction of sp³-hybridized carbons (Fsp3) is 0.950. The molecule has 1 fully saturated rings. The molecule has 22 heavy (non-hydrogen) atoms. The fourth-order valence-corrected chi connectivity index (χ4v) is 2.96. The molecule has 0 spiro atoms. The molecule has 0 bridgehead atoms. The van der Waals surface area contributed by atoms with Crippen molar-refractivity contribution in [2.75, 3.05) is 6.61 Å². The second-order valence-corrected chi connectivity index (χ2v) is 7.09. The number of hydrogen-bond acceptors (Lipinski definition) is 2. The van der Waals surface area contributed by atoms with Crippen LogP contribution in [-0.4, -0.2) is 12.6 Å². The lowest BCUT2D eigenvalue weighted by Gasteiger charge is -2.05. The lowest BCUT2D eigenvalue weighted by molar-refractivity contribution is -0.143. The normalized spacial score (nSPS) is 14.2. The van der Waals surface area contributed by atoms with E-state index >= 15 is 0 Å². The highest BCUT2D eigenvalue weighted by Gasteiger charge is 2.20. The van der Waals surface area contributed by atoms with E-state index in [2.05, 4.69) is 6.92 Å². The Morgan fingerprint density at radius 2 is 1.41 bits per heavy atom. The predicted molar refractivity (Wildman–Crippen MR) is 94.0 cm³/mol. The van der Waals surface area contributed by atoms with Crippen molar-refractivity contribution in [3.63, 3.8) is 0 Å². The molecule has 0 N–H and O–H groups in total. The topological polar surface area (TPSA) is 26.3 Å². The van der Waals surface area contributed by atoms with Crippen LogP contribution in [0.3, 0.4) is 0 Å². The molecular formula is C20H38O2. The van der Waals surface area contributed by atoms with Crippen LogP contribution in [0.2, 0.25) is 0 Å². The summed E-state index contributed by atoms with van der Waals surface area (Å²) in [7, 11) is 0. The van der Waals surface area contributed by atoms with Gasteiger partial charge in [-0.1, -0.05) is 90.4 Å². The van der Waals surface area contributed by atoms with Gasteiger partial charge in [0.15, 0.2) is 0 Å². The van der Waals surface area contributed by atoms with Gasteiger partial charge in [-0.15, -0.1) is 0 Å². The molecule has 2 nitrogen and oxygen atoms in total. The van der Waals surface area contributed by atoms with E-state index in [-0.39, 0.29) is 5.97 Å². The second-order valence-electron chi connectivity index (χ2n) is 7.09. The van der Waals surface area contributed by atoms with Gasteiger partial charge in [-0.25, -0.2) is 0 Å². The first kappa shape index (κ1) is 19.5. The number of unbranched alkanes of at least 4 members (excludes halogenated alkanes) is 10. The van der Waals surface area contributed by atoms with Crippen molar-refractivity contribution < 1.29 is 9.53 Å². The van der Waals surface area contributed by atoms with E-state index < -0.39 is 0 Å². The van der Waals surface area contributed by atoms with Crippen molar-refractivity contribution in [3.05, 3.63) is 0 Å². The zero-order valence-corrected chi connectivity index (χ0v) is 14.9. The van der Waals surface area contributed by atoms with Gasteiger partial charge in [0.2, 0.25) is 0 Å². The third-order valence-corrected chi connectivity index (χ3v) is 4.70. The van der Waals surface area contributed by atoms with Crippen LogP contribution in [0, 0.1) is 5.92 Å². The van der Waals surface area contributed by atoms with Crippen molar-refractivity contribution in [1.82, 2.24) is 0 Å². The maximum atomic E-state index is 11.5. The summed E-state index contributed by atoms with van der Waals surface area (Å²) in [4.78, 5) is 11.5. The first-order valence-electron chi connectivity index (χ1n) is 9.98. The summed E-state index contributed by atoms with van der Waals surface area (Å²) in [6.45, 7) is 2.90. The Labute approximate surface area is 138 Å². The number of ether oxygens (including phenoxy) is 1. The largest absolute Gasteiger partial charge is 0.466 e. The summed E-state index contributed by atoms with van der Waals surface area (Å²) in [6.07, 6.45) is 20.3. The monoisotopic (exact) mass is 310 g/mol. The second kappa shape index (κ2) is 14.1. The van der Waals surface area contributed by atoms with Crippen molar-refractivity contribution in [3.8, 4) is 0 Å². The van der Waals surface area contributed by atoms with Crippen LogP contribution in [0.15, 0.2) is 0 Å². The molecule has 0 atom stereocenters. The van der Waals surface area contributed by atoms with Gasteiger partial charge in [0.25, 0.3) is 0 Å². The molecular weight excluding hydrogens is 272 g/mol. The SMILES string of the molecule is CCCCCCCCCCCCOC(=O)CCCCC1CC1. The summed E-state index contributed by atoms with van der Waals surface area (Å²) >= 11 is 0. The van der Waals surface area contributed by atoms with Gasteiger partial charge in [0, 0.05) is 6.42 Å². The minimum atomic E-state index is 0.0201. The maximum Gasteiger partial charge on any atom is 0.305 e. The lowest BCUT2D eigenvalue weighted by atomic mass is 10.1. The van der Waals surface area contributed by atoms with E-state index in [0.717, 1.165) is 18.8 Å². The third-order valence-electron chi connectivity index (χ3n) is 4.70. The maximum absolute atomic E-state index is 11.5. The Morgan fingerprint density at radius 1 is 0.818 bits per heavy atom. The molecule has 2 heteroatoms. The number of carbonyl (C=O) groups is 1. The van der Waals surface area contributed by atoms with Gasteiger partial charge in [0.1, 0.15) is 0 Å². The van der Waals surface area contributed by atoms with Crippen molar-refractivity contribution in [1.29, 1.82) is 0 Å². The van der Waals surface area contributed by atoms with Gasteiger partial charge in [-0.3, -0.25) is 4.79 Å². The van der Waals surface area contributed by atoms with Gasteiger partial charge in [-0.2, -0.15) is 0 Å². The molecule has 0 unspecified atom stereocenters. The molecule has 0 aromatic rings. The molecule has 1 saturated carbocycles. The Hall–Kier alpha value is -0.530. The summed E-state index contributed by atoms with van der Waals surface area (Å²) in [5.74, 6) is 1.01. The Bertz CT molecular complexity index is 258. The molecule has 0 radical (unpaired) electrons. The van der Waals surface area contributed by atoms with Crippen LogP contribution in [0.1, 0.15) is 110 Å². The lowest BCUT2D eigenvalue weighted by Crippen LogP contribution is -2.05. The van der Waals surface area contributed by atoms with E-state index in [4.69, 9.17) is 4.74 Å². The smallest absolute Gasteiger partial charge is 0.305 e. The van der Waals surface area contributed by atoms with Gasteiger partial charge >= 0.3 is 5.97 Å². The summed E-state index contributed by atoms with van der Waals surface area (Å²) in [5.41, 5.74) is 0. The zero-order valence-electron chi connectivity index (χ0n) is 14.9. The molecule has 1 aliphatic rings. The van der Waals surface area contributed by atoms with Crippen molar-refractivity contribution >= 4 is 5.97 Å². The zero-order chi connectivity index (χ0) is 15.9. The molecule has 0 aliphatic heterocycles. The molecule has 0 aromatic heterocycles. The van der Waals surface area contributed by atoms with E-state index in [9.17, 15) is 4.79 Å². The summed E-state index contributed by atoms with van der Waals surface area (Å²) in [6, 6.07) is 0. The number of hydrogen-bond donors (Lipinski definition) is 0. The standard InChI is InChI=1S/C20H38O2/c1-2-3-4-5-6-7-8-9-10-13-18-22-20(21)15-12-11-14-19-16-17-19/h19H,2-18H2,1H3. The number of carbonyl (C=O) groups excluding carboxylic acids is 1. The van der Waals surface area contributed by atoms with Crippen LogP contribution < -0.4 is 0 Å². The highest BCUT2D eigenvalue weighted by Crippen LogP contribution is 2.33. The minimum absolute atomic E-state index is 0.0201. The van der Waals surface area contributed by atoms with Gasteiger partial charge in [0.05, 0.1) is 6.61 Å². The van der Waals surface area contributed by atoms with Crippen LogP contribution in [0.5, 0.6) is 0 Å². The number of rotatable bonds is 16. The molecule has 0 heterocycles. The van der Waals surface area contributed by atoms with E-state index in [1.165, 1.54) is 83.5 Å². The first-order chi connectivity index (χ1) is 10.8. The predicted octanol–water partition coefficient (Wildman–Crippen LogP) is 6.42. The van der Waals surface area contributed by atoms with Crippen LogP contribution in [0.4, 0.5) is 0 Å².